The van der Waals surface area contributed by atoms with Crippen LogP contribution in [-0.2, 0) is 4.79 Å². The highest BCUT2D eigenvalue weighted by Gasteiger charge is 2.39. The zero-order valence-corrected chi connectivity index (χ0v) is 9.90. The number of aromatic nitrogens is 3. The summed E-state index contributed by atoms with van der Waals surface area (Å²) in [6, 6.07) is 4.16. The van der Waals surface area contributed by atoms with Gasteiger partial charge in [-0.2, -0.15) is 18.3 Å². The van der Waals surface area contributed by atoms with Gasteiger partial charge in [-0.25, -0.2) is 9.67 Å². The van der Waals surface area contributed by atoms with Crippen molar-refractivity contribution in [2.45, 2.75) is 6.18 Å². The minimum absolute atomic E-state index is 0.110. The molecular weight excluding hydrogens is 285 g/mol. The molecule has 0 aliphatic carbocycles. The molecule has 1 heterocycles. The number of carbonyl (C=O) groups excluding carboxylic acids is 1. The molecule has 2 rings (SSSR count). The maximum atomic E-state index is 12.2. The van der Waals surface area contributed by atoms with Gasteiger partial charge >= 0.3 is 12.1 Å². The largest absolute Gasteiger partial charge is 0.471 e. The first-order chi connectivity index (χ1) is 8.89. The van der Waals surface area contributed by atoms with Crippen LogP contribution in [0.4, 0.5) is 18.9 Å². The standard InChI is InChI=1S/C10H6ClF3N4O/c11-6-2-1-3-7(17-9(19)10(12,13)14)8(6)18-5-15-4-16-18/h1-5H,(H,17,19). The predicted octanol–water partition coefficient (Wildman–Crippen LogP) is 2.42. The van der Waals surface area contributed by atoms with E-state index in [0.29, 0.717) is 0 Å². The third kappa shape index (κ3) is 2.84. The Labute approximate surface area is 110 Å². The number of rotatable bonds is 2. The van der Waals surface area contributed by atoms with Gasteiger partial charge in [0.1, 0.15) is 18.3 Å². The van der Waals surface area contributed by atoms with Gasteiger partial charge in [0.05, 0.1) is 10.7 Å². The van der Waals surface area contributed by atoms with Crippen molar-refractivity contribution in [3.05, 3.63) is 35.9 Å². The van der Waals surface area contributed by atoms with Crippen molar-refractivity contribution in [1.29, 1.82) is 0 Å². The van der Waals surface area contributed by atoms with E-state index < -0.39 is 12.1 Å². The first-order valence-corrected chi connectivity index (χ1v) is 5.29. The van der Waals surface area contributed by atoms with E-state index in [0.717, 1.165) is 4.68 Å². The molecule has 0 aliphatic heterocycles. The monoisotopic (exact) mass is 290 g/mol. The van der Waals surface area contributed by atoms with Crippen LogP contribution in [0, 0.1) is 0 Å². The Kier molecular flexibility index (Phi) is 3.43. The summed E-state index contributed by atoms with van der Waals surface area (Å²) >= 11 is 5.90. The number of benzene rings is 1. The zero-order chi connectivity index (χ0) is 14.0. The Morgan fingerprint density at radius 2 is 2.11 bits per heavy atom. The molecule has 1 N–H and O–H groups in total. The lowest BCUT2D eigenvalue weighted by molar-refractivity contribution is -0.167. The molecule has 19 heavy (non-hydrogen) atoms. The van der Waals surface area contributed by atoms with Crippen molar-refractivity contribution < 1.29 is 18.0 Å². The van der Waals surface area contributed by atoms with E-state index in [9.17, 15) is 18.0 Å². The number of para-hydroxylation sites is 1. The van der Waals surface area contributed by atoms with Crippen LogP contribution in [0.2, 0.25) is 5.02 Å². The first kappa shape index (κ1) is 13.3. The fraction of sp³-hybridized carbons (Fsp3) is 0.100. The van der Waals surface area contributed by atoms with Crippen LogP contribution in [-0.4, -0.2) is 26.8 Å². The van der Waals surface area contributed by atoms with Gasteiger partial charge in [-0.05, 0) is 12.1 Å². The summed E-state index contributed by atoms with van der Waals surface area (Å²) in [5.74, 6) is -2.09. The summed E-state index contributed by atoms with van der Waals surface area (Å²) in [5.41, 5.74) is -0.000378. The molecule has 0 bridgehead atoms. The Bertz CT molecular complexity index is 597. The van der Waals surface area contributed by atoms with Crippen molar-refractivity contribution in [3.63, 3.8) is 0 Å². The molecule has 100 valence electrons. The summed E-state index contributed by atoms with van der Waals surface area (Å²) in [6.07, 6.45) is -2.54. The Balaban J connectivity index is 2.42. The Morgan fingerprint density at radius 3 is 2.68 bits per heavy atom. The number of anilines is 1. The van der Waals surface area contributed by atoms with Gasteiger partial charge in [-0.3, -0.25) is 4.79 Å². The molecule has 0 radical (unpaired) electrons. The fourth-order valence-corrected chi connectivity index (χ4v) is 1.63. The van der Waals surface area contributed by atoms with Gasteiger partial charge in [0.15, 0.2) is 0 Å². The number of alkyl halides is 3. The lowest BCUT2D eigenvalue weighted by atomic mass is 10.2. The van der Waals surface area contributed by atoms with Gasteiger partial charge < -0.3 is 5.32 Å². The minimum atomic E-state index is -4.98. The molecule has 1 aromatic carbocycles. The molecule has 0 fully saturated rings. The van der Waals surface area contributed by atoms with Gasteiger partial charge in [-0.15, -0.1) is 0 Å². The second kappa shape index (κ2) is 4.88. The molecule has 5 nitrogen and oxygen atoms in total. The number of amides is 1. The van der Waals surface area contributed by atoms with Crippen molar-refractivity contribution >= 4 is 23.2 Å². The van der Waals surface area contributed by atoms with Crippen molar-refractivity contribution in [3.8, 4) is 5.69 Å². The Morgan fingerprint density at radius 1 is 1.37 bits per heavy atom. The highest BCUT2D eigenvalue weighted by Crippen LogP contribution is 2.29. The van der Waals surface area contributed by atoms with E-state index in [1.807, 2.05) is 0 Å². The lowest BCUT2D eigenvalue weighted by Crippen LogP contribution is -2.30. The summed E-state index contributed by atoms with van der Waals surface area (Å²) in [6.45, 7) is 0. The average Bonchev–Trinajstić information content (AvgIpc) is 2.81. The van der Waals surface area contributed by atoms with Gasteiger partial charge in [0.2, 0.25) is 0 Å². The van der Waals surface area contributed by atoms with Crippen LogP contribution in [0.25, 0.3) is 5.69 Å². The molecule has 2 aromatic rings. The van der Waals surface area contributed by atoms with E-state index in [1.54, 1.807) is 5.32 Å². The van der Waals surface area contributed by atoms with Crippen molar-refractivity contribution in [2.24, 2.45) is 0 Å². The molecule has 0 spiro atoms. The molecule has 0 atom stereocenters. The quantitative estimate of drug-likeness (QED) is 0.924. The van der Waals surface area contributed by atoms with Crippen LogP contribution in [0.1, 0.15) is 0 Å². The normalized spacial score (nSPS) is 11.4. The van der Waals surface area contributed by atoms with E-state index in [4.69, 9.17) is 11.6 Å². The highest BCUT2D eigenvalue weighted by atomic mass is 35.5. The second-order valence-corrected chi connectivity index (χ2v) is 3.84. The maximum absolute atomic E-state index is 12.2. The van der Waals surface area contributed by atoms with E-state index in [2.05, 4.69) is 10.1 Å². The van der Waals surface area contributed by atoms with E-state index >= 15 is 0 Å². The molecular formula is C10H6ClF3N4O. The van der Waals surface area contributed by atoms with Crippen molar-refractivity contribution in [1.82, 2.24) is 14.8 Å². The summed E-state index contributed by atoms with van der Waals surface area (Å²) in [5, 5.41) is 5.64. The third-order valence-corrected chi connectivity index (χ3v) is 2.45. The van der Waals surface area contributed by atoms with Gasteiger partial charge in [0, 0.05) is 0 Å². The molecule has 0 aliphatic rings. The summed E-state index contributed by atoms with van der Waals surface area (Å²) < 4.78 is 37.9. The topological polar surface area (TPSA) is 59.8 Å². The number of nitrogens with one attached hydrogen (secondary N) is 1. The second-order valence-electron chi connectivity index (χ2n) is 3.43. The molecule has 0 saturated carbocycles. The highest BCUT2D eigenvalue weighted by molar-refractivity contribution is 6.33. The van der Waals surface area contributed by atoms with Gasteiger partial charge in [-0.1, -0.05) is 17.7 Å². The maximum Gasteiger partial charge on any atom is 0.471 e. The van der Waals surface area contributed by atoms with Crippen molar-refractivity contribution in [2.75, 3.05) is 5.32 Å². The molecule has 0 unspecified atom stereocenters. The molecule has 0 saturated heterocycles. The number of hydrogen-bond acceptors (Lipinski definition) is 3. The molecule has 1 aromatic heterocycles. The average molecular weight is 291 g/mol. The number of halogens is 4. The van der Waals surface area contributed by atoms with Gasteiger partial charge in [0.25, 0.3) is 0 Å². The van der Waals surface area contributed by atoms with E-state index in [1.165, 1.54) is 30.9 Å². The summed E-state index contributed by atoms with van der Waals surface area (Å²) in [4.78, 5) is 14.6. The summed E-state index contributed by atoms with van der Waals surface area (Å²) in [7, 11) is 0. The fourth-order valence-electron chi connectivity index (χ4n) is 1.37. The van der Waals surface area contributed by atoms with Crippen LogP contribution >= 0.6 is 11.6 Å². The van der Waals surface area contributed by atoms with Crippen LogP contribution < -0.4 is 5.32 Å². The number of nitrogens with zero attached hydrogens (tertiary/aromatic N) is 3. The molecule has 1 amide bonds. The number of hydrogen-bond donors (Lipinski definition) is 1. The number of carbonyl (C=O) groups is 1. The van der Waals surface area contributed by atoms with E-state index in [-0.39, 0.29) is 16.4 Å². The third-order valence-electron chi connectivity index (χ3n) is 2.14. The predicted molar refractivity (Wildman–Crippen MR) is 61.1 cm³/mol. The minimum Gasteiger partial charge on any atom is -0.316 e. The van der Waals surface area contributed by atoms with Crippen LogP contribution in [0.3, 0.4) is 0 Å². The Hall–Kier alpha value is -2.09. The SMILES string of the molecule is O=C(Nc1cccc(Cl)c1-n1cncn1)C(F)(F)F. The van der Waals surface area contributed by atoms with Crippen LogP contribution in [0.5, 0.6) is 0 Å². The lowest BCUT2D eigenvalue weighted by Gasteiger charge is -2.13. The molecule has 9 heteroatoms. The van der Waals surface area contributed by atoms with Crippen LogP contribution in [0.15, 0.2) is 30.9 Å². The first-order valence-electron chi connectivity index (χ1n) is 4.91. The zero-order valence-electron chi connectivity index (χ0n) is 9.15. The smallest absolute Gasteiger partial charge is 0.316 e.